The third kappa shape index (κ3) is 4.54. The van der Waals surface area contributed by atoms with Crippen molar-refractivity contribution in [3.8, 4) is 11.5 Å². The standard InChI is InChI=1S/C25H31FN2O3/c1-17(2)28-16-23(31-20-7-5-4-6-8-20)24(28)18-11-13-27(14-12-18)25(29)19-9-10-22(30-3)21(26)15-19/h4-10,15,17-18,23-24H,11-14,16H2,1-3H3. The molecule has 2 fully saturated rings. The highest BCUT2D eigenvalue weighted by molar-refractivity contribution is 5.94. The van der Waals surface area contributed by atoms with Crippen LogP contribution in [0.5, 0.6) is 11.5 Å². The van der Waals surface area contributed by atoms with Gasteiger partial charge in [-0.15, -0.1) is 0 Å². The van der Waals surface area contributed by atoms with Gasteiger partial charge in [-0.25, -0.2) is 4.39 Å². The quantitative estimate of drug-likeness (QED) is 0.693. The predicted octanol–water partition coefficient (Wildman–Crippen LogP) is 4.23. The van der Waals surface area contributed by atoms with E-state index in [0.717, 1.165) is 25.1 Å². The van der Waals surface area contributed by atoms with Crippen LogP contribution >= 0.6 is 0 Å². The molecule has 0 bridgehead atoms. The van der Waals surface area contributed by atoms with E-state index in [4.69, 9.17) is 9.47 Å². The van der Waals surface area contributed by atoms with E-state index in [1.54, 1.807) is 6.07 Å². The first-order chi connectivity index (χ1) is 15.0. The Morgan fingerprint density at radius 3 is 2.42 bits per heavy atom. The molecule has 166 valence electrons. The lowest BCUT2D eigenvalue weighted by Crippen LogP contribution is -2.68. The summed E-state index contributed by atoms with van der Waals surface area (Å²) < 4.78 is 25.3. The Hall–Kier alpha value is -2.60. The van der Waals surface area contributed by atoms with Crippen molar-refractivity contribution in [3.05, 3.63) is 59.9 Å². The molecule has 0 saturated carbocycles. The summed E-state index contributed by atoms with van der Waals surface area (Å²) in [5.74, 6) is 0.910. The molecule has 0 aromatic heterocycles. The average molecular weight is 427 g/mol. The fraction of sp³-hybridized carbons (Fsp3) is 0.480. The van der Waals surface area contributed by atoms with E-state index in [1.165, 1.54) is 19.2 Å². The van der Waals surface area contributed by atoms with E-state index >= 15 is 0 Å². The zero-order chi connectivity index (χ0) is 22.0. The van der Waals surface area contributed by atoms with E-state index in [1.807, 2.05) is 35.2 Å². The number of likely N-dealkylation sites (tertiary alicyclic amines) is 2. The molecule has 2 aromatic carbocycles. The van der Waals surface area contributed by atoms with Crippen LogP contribution in [-0.4, -0.2) is 60.6 Å². The number of nitrogens with zero attached hydrogens (tertiary/aromatic N) is 2. The van der Waals surface area contributed by atoms with Crippen molar-refractivity contribution >= 4 is 5.91 Å². The van der Waals surface area contributed by atoms with Crippen LogP contribution < -0.4 is 9.47 Å². The second-order valence-corrected chi connectivity index (χ2v) is 8.73. The summed E-state index contributed by atoms with van der Waals surface area (Å²) in [5.41, 5.74) is 0.370. The SMILES string of the molecule is COc1ccc(C(=O)N2CCC(C3C(Oc4ccccc4)CN3C(C)C)CC2)cc1F. The summed E-state index contributed by atoms with van der Waals surface area (Å²) >= 11 is 0. The van der Waals surface area contributed by atoms with Crippen LogP contribution in [0.25, 0.3) is 0 Å². The minimum absolute atomic E-state index is 0.119. The molecule has 2 aliphatic heterocycles. The fourth-order valence-corrected chi connectivity index (χ4v) is 4.85. The van der Waals surface area contributed by atoms with Gasteiger partial charge < -0.3 is 14.4 Å². The van der Waals surface area contributed by atoms with Gasteiger partial charge in [0.25, 0.3) is 5.91 Å². The van der Waals surface area contributed by atoms with E-state index < -0.39 is 5.82 Å². The number of hydrogen-bond donors (Lipinski definition) is 0. The first-order valence-corrected chi connectivity index (χ1v) is 11.1. The number of amides is 1. The number of benzene rings is 2. The number of methoxy groups -OCH3 is 1. The van der Waals surface area contributed by atoms with Crippen LogP contribution in [0, 0.1) is 11.7 Å². The molecule has 4 rings (SSSR count). The Morgan fingerprint density at radius 1 is 1.10 bits per heavy atom. The maximum absolute atomic E-state index is 14.0. The van der Waals surface area contributed by atoms with E-state index in [-0.39, 0.29) is 17.8 Å². The van der Waals surface area contributed by atoms with E-state index in [2.05, 4.69) is 18.7 Å². The molecule has 2 unspecified atom stereocenters. The molecule has 31 heavy (non-hydrogen) atoms. The number of ether oxygens (including phenoxy) is 2. The Balaban J connectivity index is 1.39. The van der Waals surface area contributed by atoms with Gasteiger partial charge in [0.2, 0.25) is 0 Å². The molecule has 2 atom stereocenters. The molecule has 2 saturated heterocycles. The van der Waals surface area contributed by atoms with Gasteiger partial charge in [-0.1, -0.05) is 18.2 Å². The summed E-state index contributed by atoms with van der Waals surface area (Å²) in [6.07, 6.45) is 2.02. The van der Waals surface area contributed by atoms with E-state index in [9.17, 15) is 9.18 Å². The second-order valence-electron chi connectivity index (χ2n) is 8.73. The monoisotopic (exact) mass is 426 g/mol. The zero-order valence-electron chi connectivity index (χ0n) is 18.5. The predicted molar refractivity (Wildman–Crippen MR) is 118 cm³/mol. The number of rotatable bonds is 6. The second kappa shape index (κ2) is 9.27. The highest BCUT2D eigenvalue weighted by Gasteiger charge is 2.47. The van der Waals surface area contributed by atoms with Crippen LogP contribution in [0.4, 0.5) is 4.39 Å². The number of carbonyl (C=O) groups is 1. The summed E-state index contributed by atoms with van der Waals surface area (Å²) in [4.78, 5) is 17.2. The molecule has 0 N–H and O–H groups in total. The maximum atomic E-state index is 14.0. The molecular weight excluding hydrogens is 395 g/mol. The normalized spacial score (nSPS) is 22.3. The minimum atomic E-state index is -0.508. The highest BCUT2D eigenvalue weighted by atomic mass is 19.1. The molecule has 0 radical (unpaired) electrons. The number of carbonyl (C=O) groups excluding carboxylic acids is 1. The molecule has 6 heteroatoms. The van der Waals surface area contributed by atoms with Gasteiger partial charge >= 0.3 is 0 Å². The molecule has 5 nitrogen and oxygen atoms in total. The molecule has 1 amide bonds. The Bertz CT molecular complexity index is 897. The van der Waals surface area contributed by atoms with Gasteiger partial charge in [-0.3, -0.25) is 9.69 Å². The zero-order valence-corrected chi connectivity index (χ0v) is 18.5. The number of para-hydroxylation sites is 1. The number of piperidine rings is 1. The van der Waals surface area contributed by atoms with Crippen molar-refractivity contribution in [2.75, 3.05) is 26.7 Å². The molecule has 0 aliphatic carbocycles. The highest BCUT2D eigenvalue weighted by Crippen LogP contribution is 2.36. The van der Waals surface area contributed by atoms with Crippen LogP contribution in [0.2, 0.25) is 0 Å². The van der Waals surface area contributed by atoms with Gasteiger partial charge in [0.1, 0.15) is 11.9 Å². The van der Waals surface area contributed by atoms with Crippen molar-refractivity contribution in [2.45, 2.75) is 44.9 Å². The van der Waals surface area contributed by atoms with Crippen molar-refractivity contribution in [2.24, 2.45) is 5.92 Å². The average Bonchev–Trinajstić information content (AvgIpc) is 2.76. The largest absolute Gasteiger partial charge is 0.494 e. The first kappa shape index (κ1) is 21.6. The van der Waals surface area contributed by atoms with Gasteiger partial charge in [0.05, 0.1) is 13.2 Å². The first-order valence-electron chi connectivity index (χ1n) is 11.1. The summed E-state index contributed by atoms with van der Waals surface area (Å²) in [5, 5.41) is 0. The smallest absolute Gasteiger partial charge is 0.253 e. The Morgan fingerprint density at radius 2 is 1.81 bits per heavy atom. The molecule has 2 heterocycles. The molecule has 2 aliphatic rings. The van der Waals surface area contributed by atoms with Crippen LogP contribution in [0.15, 0.2) is 48.5 Å². The van der Waals surface area contributed by atoms with Gasteiger partial charge in [-0.2, -0.15) is 0 Å². The molecule has 0 spiro atoms. The Labute approximate surface area is 183 Å². The summed E-state index contributed by atoms with van der Waals surface area (Å²) in [6.45, 7) is 6.74. The lowest BCUT2D eigenvalue weighted by Gasteiger charge is -2.54. The number of hydrogen-bond acceptors (Lipinski definition) is 4. The van der Waals surface area contributed by atoms with Crippen molar-refractivity contribution < 1.29 is 18.7 Å². The number of halogens is 1. The Kier molecular flexibility index (Phi) is 6.46. The third-order valence-electron chi connectivity index (χ3n) is 6.56. The van der Waals surface area contributed by atoms with E-state index in [0.29, 0.717) is 36.7 Å². The topological polar surface area (TPSA) is 42.0 Å². The fourth-order valence-electron chi connectivity index (χ4n) is 4.85. The summed E-state index contributed by atoms with van der Waals surface area (Å²) in [7, 11) is 1.42. The van der Waals surface area contributed by atoms with Gasteiger partial charge in [-0.05, 0) is 62.9 Å². The minimum Gasteiger partial charge on any atom is -0.494 e. The maximum Gasteiger partial charge on any atom is 0.253 e. The van der Waals surface area contributed by atoms with Gasteiger partial charge in [0.15, 0.2) is 11.6 Å². The van der Waals surface area contributed by atoms with Gasteiger partial charge in [0, 0.05) is 31.2 Å². The summed E-state index contributed by atoms with van der Waals surface area (Å²) in [6, 6.07) is 15.2. The lowest BCUT2D eigenvalue weighted by molar-refractivity contribution is -0.0983. The van der Waals surface area contributed by atoms with Crippen LogP contribution in [0.1, 0.15) is 37.0 Å². The van der Waals surface area contributed by atoms with Crippen LogP contribution in [0.3, 0.4) is 0 Å². The van der Waals surface area contributed by atoms with Crippen molar-refractivity contribution in [1.82, 2.24) is 9.80 Å². The van der Waals surface area contributed by atoms with Crippen molar-refractivity contribution in [1.29, 1.82) is 0 Å². The third-order valence-corrected chi connectivity index (χ3v) is 6.56. The van der Waals surface area contributed by atoms with Crippen molar-refractivity contribution in [3.63, 3.8) is 0 Å². The molecule has 2 aromatic rings. The molecular formula is C25H31FN2O3. The van der Waals surface area contributed by atoms with Crippen LogP contribution in [-0.2, 0) is 0 Å². The lowest BCUT2D eigenvalue weighted by atomic mass is 9.79.